The Balaban J connectivity index is 1.36. The Bertz CT molecular complexity index is 1190. The number of pyridine rings is 1. The number of nitrogens with zero attached hydrogens (tertiary/aromatic N) is 3. The fourth-order valence-electron chi connectivity index (χ4n) is 4.48. The van der Waals surface area contributed by atoms with E-state index >= 15 is 0 Å². The van der Waals surface area contributed by atoms with Crippen LogP contribution >= 0.6 is 0 Å². The van der Waals surface area contributed by atoms with Gasteiger partial charge in [-0.2, -0.15) is 5.10 Å². The van der Waals surface area contributed by atoms with Gasteiger partial charge in [-0.25, -0.2) is 14.1 Å². The number of hydrogen-bond acceptors (Lipinski definition) is 6. The van der Waals surface area contributed by atoms with Crippen LogP contribution in [0, 0.1) is 11.7 Å². The predicted molar refractivity (Wildman–Crippen MR) is 123 cm³/mol. The molecule has 0 aliphatic heterocycles. The fraction of sp³-hybridized carbons (Fsp3) is 0.423. The van der Waals surface area contributed by atoms with Crippen molar-refractivity contribution in [2.24, 2.45) is 5.92 Å². The molecule has 0 amide bonds. The maximum absolute atomic E-state index is 14.6. The summed E-state index contributed by atoms with van der Waals surface area (Å²) in [4.78, 5) is 15.8. The summed E-state index contributed by atoms with van der Waals surface area (Å²) in [6.45, 7) is 0.324. The number of methoxy groups -OCH3 is 2. The molecule has 8 heteroatoms. The third kappa shape index (κ3) is 4.76. The van der Waals surface area contributed by atoms with Gasteiger partial charge in [-0.1, -0.05) is 12.1 Å². The molecule has 1 atom stereocenters. The van der Waals surface area contributed by atoms with Gasteiger partial charge >= 0.3 is 5.97 Å². The van der Waals surface area contributed by atoms with Crippen LogP contribution in [-0.4, -0.2) is 35.0 Å². The van der Waals surface area contributed by atoms with E-state index in [4.69, 9.17) is 14.2 Å². The summed E-state index contributed by atoms with van der Waals surface area (Å²) in [5.41, 5.74) is 3.30. The van der Waals surface area contributed by atoms with Crippen LogP contribution in [0.5, 0.6) is 11.6 Å². The molecule has 0 bridgehead atoms. The molecule has 5 rings (SSSR count). The summed E-state index contributed by atoms with van der Waals surface area (Å²) in [5.74, 6) is 1.41. The lowest BCUT2D eigenvalue weighted by molar-refractivity contribution is -0.141. The lowest BCUT2D eigenvalue weighted by Crippen LogP contribution is -2.10. The SMILES string of the molecule is COC(=O)CC(c1cccc(OCc2cnn(-c3cc(OC)ncc3F)c2C2CC2)c1)C1CC1. The van der Waals surface area contributed by atoms with E-state index in [9.17, 15) is 9.18 Å². The molecule has 7 nitrogen and oxygen atoms in total. The minimum atomic E-state index is -0.456. The van der Waals surface area contributed by atoms with Crippen molar-refractivity contribution in [2.45, 2.75) is 50.5 Å². The number of hydrogen-bond donors (Lipinski definition) is 0. The highest BCUT2D eigenvalue weighted by atomic mass is 19.1. The topological polar surface area (TPSA) is 75.5 Å². The van der Waals surface area contributed by atoms with E-state index in [0.29, 0.717) is 36.4 Å². The highest BCUT2D eigenvalue weighted by Crippen LogP contribution is 2.45. The summed E-state index contributed by atoms with van der Waals surface area (Å²) in [6, 6.07) is 9.50. The second kappa shape index (κ2) is 9.44. The summed E-state index contributed by atoms with van der Waals surface area (Å²) in [7, 11) is 2.93. The predicted octanol–water partition coefficient (Wildman–Crippen LogP) is 4.93. The van der Waals surface area contributed by atoms with E-state index < -0.39 is 5.82 Å². The van der Waals surface area contributed by atoms with Crippen LogP contribution in [0.25, 0.3) is 5.69 Å². The van der Waals surface area contributed by atoms with Gasteiger partial charge in [-0.3, -0.25) is 4.79 Å². The van der Waals surface area contributed by atoms with Crippen molar-refractivity contribution in [3.05, 3.63) is 65.4 Å². The smallest absolute Gasteiger partial charge is 0.306 e. The van der Waals surface area contributed by atoms with Gasteiger partial charge in [-0.15, -0.1) is 0 Å². The molecular weight excluding hydrogens is 437 g/mol. The Hall–Kier alpha value is -3.42. The van der Waals surface area contributed by atoms with Crippen LogP contribution in [-0.2, 0) is 16.1 Å². The monoisotopic (exact) mass is 465 g/mol. The molecule has 2 saturated carbocycles. The van der Waals surface area contributed by atoms with Crippen molar-refractivity contribution in [1.82, 2.24) is 14.8 Å². The van der Waals surface area contributed by atoms with Crippen molar-refractivity contribution in [1.29, 1.82) is 0 Å². The average Bonchev–Trinajstić information content (AvgIpc) is 3.80. The summed E-state index contributed by atoms with van der Waals surface area (Å²) < 4.78 is 32.5. The van der Waals surface area contributed by atoms with Crippen LogP contribution in [0.3, 0.4) is 0 Å². The highest BCUT2D eigenvalue weighted by Gasteiger charge is 2.34. The number of aromatic nitrogens is 3. The fourth-order valence-corrected chi connectivity index (χ4v) is 4.48. The van der Waals surface area contributed by atoms with Crippen LogP contribution in [0.2, 0.25) is 0 Å². The average molecular weight is 466 g/mol. The summed E-state index contributed by atoms with van der Waals surface area (Å²) in [5, 5.41) is 4.48. The second-order valence-electron chi connectivity index (χ2n) is 9.00. The van der Waals surface area contributed by atoms with Crippen molar-refractivity contribution in [3.63, 3.8) is 0 Å². The van der Waals surface area contributed by atoms with Gasteiger partial charge < -0.3 is 14.2 Å². The summed E-state index contributed by atoms with van der Waals surface area (Å²) >= 11 is 0. The second-order valence-corrected chi connectivity index (χ2v) is 9.00. The van der Waals surface area contributed by atoms with E-state index in [0.717, 1.165) is 54.5 Å². The normalized spacial score (nSPS) is 16.2. The van der Waals surface area contributed by atoms with Gasteiger partial charge in [0.05, 0.1) is 38.7 Å². The van der Waals surface area contributed by atoms with E-state index in [1.807, 2.05) is 24.3 Å². The third-order valence-corrected chi connectivity index (χ3v) is 6.58. The number of ether oxygens (including phenoxy) is 3. The molecule has 2 fully saturated rings. The van der Waals surface area contributed by atoms with Gasteiger partial charge in [0.15, 0.2) is 5.82 Å². The maximum Gasteiger partial charge on any atom is 0.306 e. The zero-order chi connectivity index (χ0) is 23.7. The molecule has 0 N–H and O–H groups in total. The molecular formula is C26H28FN3O4. The lowest BCUT2D eigenvalue weighted by Gasteiger charge is -2.17. The molecule has 178 valence electrons. The van der Waals surface area contributed by atoms with Gasteiger partial charge in [0.1, 0.15) is 18.0 Å². The largest absolute Gasteiger partial charge is 0.489 e. The highest BCUT2D eigenvalue weighted by molar-refractivity contribution is 5.70. The molecule has 2 aliphatic carbocycles. The van der Waals surface area contributed by atoms with Crippen molar-refractivity contribution in [2.75, 3.05) is 14.2 Å². The number of carbonyl (C=O) groups excluding carboxylic acids is 1. The number of benzene rings is 1. The van der Waals surface area contributed by atoms with E-state index in [1.165, 1.54) is 14.2 Å². The van der Waals surface area contributed by atoms with Crippen molar-refractivity contribution in [3.8, 4) is 17.3 Å². The molecule has 2 heterocycles. The zero-order valence-corrected chi connectivity index (χ0v) is 19.4. The Kier molecular flexibility index (Phi) is 6.22. The van der Waals surface area contributed by atoms with E-state index in [1.54, 1.807) is 16.9 Å². The number of esters is 1. The van der Waals surface area contributed by atoms with E-state index in [2.05, 4.69) is 10.1 Å². The third-order valence-electron chi connectivity index (χ3n) is 6.58. The first-order chi connectivity index (χ1) is 16.6. The molecule has 1 aromatic carbocycles. The van der Waals surface area contributed by atoms with E-state index in [-0.39, 0.29) is 11.9 Å². The number of rotatable bonds is 10. The maximum atomic E-state index is 14.6. The summed E-state index contributed by atoms with van der Waals surface area (Å²) in [6.07, 6.45) is 7.61. The van der Waals surface area contributed by atoms with Gasteiger partial charge in [-0.05, 0) is 55.2 Å². The first kappa shape index (κ1) is 22.4. The Morgan fingerprint density at radius 2 is 2.00 bits per heavy atom. The molecule has 0 saturated heterocycles. The van der Waals surface area contributed by atoms with Gasteiger partial charge in [0, 0.05) is 17.5 Å². The van der Waals surface area contributed by atoms with Crippen LogP contribution in [0.1, 0.15) is 60.8 Å². The zero-order valence-electron chi connectivity index (χ0n) is 19.4. The number of carbonyl (C=O) groups is 1. The standard InChI is InChI=1S/C26H28FN3O4/c1-32-24-12-23(22(27)14-28-24)30-26(17-8-9-17)19(13-29-30)15-34-20-5-3-4-18(10-20)21(16-6-7-16)11-25(31)33-2/h3-5,10,12-14,16-17,21H,6-9,11,15H2,1-2H3. The molecule has 2 aromatic heterocycles. The lowest BCUT2D eigenvalue weighted by atomic mass is 9.91. The quantitative estimate of drug-likeness (QED) is 0.395. The minimum Gasteiger partial charge on any atom is -0.489 e. The Labute approximate surface area is 197 Å². The van der Waals surface area contributed by atoms with Crippen LogP contribution in [0.15, 0.2) is 42.7 Å². The molecule has 3 aromatic rings. The number of halogens is 1. The molecule has 1 unspecified atom stereocenters. The molecule has 0 spiro atoms. The van der Waals surface area contributed by atoms with Crippen LogP contribution in [0.4, 0.5) is 4.39 Å². The van der Waals surface area contributed by atoms with Gasteiger partial charge in [0.25, 0.3) is 0 Å². The first-order valence-electron chi connectivity index (χ1n) is 11.6. The molecule has 34 heavy (non-hydrogen) atoms. The first-order valence-corrected chi connectivity index (χ1v) is 11.6. The molecule has 2 aliphatic rings. The van der Waals surface area contributed by atoms with Gasteiger partial charge in [0.2, 0.25) is 5.88 Å². The van der Waals surface area contributed by atoms with Crippen molar-refractivity contribution >= 4 is 5.97 Å². The minimum absolute atomic E-state index is 0.144. The Morgan fingerprint density at radius 3 is 2.71 bits per heavy atom. The Morgan fingerprint density at radius 1 is 1.18 bits per heavy atom. The van der Waals surface area contributed by atoms with Crippen molar-refractivity contribution < 1.29 is 23.4 Å². The molecule has 0 radical (unpaired) electrons. The van der Waals surface area contributed by atoms with Crippen LogP contribution < -0.4 is 9.47 Å².